The fraction of sp³-hybridized carbons (Fsp3) is 0.273. The molecule has 1 fully saturated rings. The van der Waals surface area contributed by atoms with Crippen molar-refractivity contribution in [1.82, 2.24) is 24.6 Å². The third-order valence-electron chi connectivity index (χ3n) is 5.29. The van der Waals surface area contributed by atoms with E-state index in [0.29, 0.717) is 42.0 Å². The summed E-state index contributed by atoms with van der Waals surface area (Å²) in [4.78, 5) is 28.5. The average Bonchev–Trinajstić information content (AvgIpc) is 3.29. The van der Waals surface area contributed by atoms with Crippen LogP contribution in [0.3, 0.4) is 0 Å². The molecule has 0 spiro atoms. The van der Waals surface area contributed by atoms with Gasteiger partial charge in [-0.15, -0.1) is 10.2 Å². The van der Waals surface area contributed by atoms with Gasteiger partial charge in [-0.2, -0.15) is 0 Å². The van der Waals surface area contributed by atoms with E-state index in [1.807, 2.05) is 25.1 Å². The number of nitrogens with zero attached hydrogens (tertiary/aromatic N) is 5. The highest BCUT2D eigenvalue weighted by molar-refractivity contribution is 7.99. The zero-order valence-electron chi connectivity index (χ0n) is 17.9. The largest absolute Gasteiger partial charge is 0.338 e. The zero-order valence-corrected chi connectivity index (χ0v) is 19.4. The van der Waals surface area contributed by atoms with E-state index in [1.54, 1.807) is 20.7 Å². The number of rotatable bonds is 5. The number of amides is 3. The second-order valence-corrected chi connectivity index (χ2v) is 8.86. The van der Waals surface area contributed by atoms with Crippen molar-refractivity contribution < 1.29 is 14.0 Å². The topological polar surface area (TPSA) is 83.4 Å². The zero-order chi connectivity index (χ0) is 23.4. The standard InChI is InChI=1S/C22H22ClFN6O2S/c1-15-2-7-18(12-19(15)23)30-14-25-27-22(30)33-13-20(31)28-8-10-29(11-9-28)21(32)26-17-5-3-16(24)4-6-17/h2-7,12,14H,8-11,13H2,1H3,(H,26,32). The van der Waals surface area contributed by atoms with Crippen molar-refractivity contribution in [2.45, 2.75) is 12.1 Å². The molecule has 0 bridgehead atoms. The lowest BCUT2D eigenvalue weighted by Crippen LogP contribution is -2.52. The molecule has 1 aromatic heterocycles. The molecule has 8 nitrogen and oxygen atoms in total. The Morgan fingerprint density at radius 1 is 1.09 bits per heavy atom. The molecule has 0 saturated carbocycles. The Balaban J connectivity index is 1.28. The van der Waals surface area contributed by atoms with Crippen LogP contribution in [-0.4, -0.2) is 68.4 Å². The van der Waals surface area contributed by atoms with Gasteiger partial charge in [-0.1, -0.05) is 29.4 Å². The molecule has 0 aliphatic carbocycles. The van der Waals surface area contributed by atoms with Crippen LogP contribution in [0.1, 0.15) is 5.56 Å². The van der Waals surface area contributed by atoms with Crippen LogP contribution < -0.4 is 5.32 Å². The Kier molecular flexibility index (Phi) is 7.14. The maximum Gasteiger partial charge on any atom is 0.321 e. The van der Waals surface area contributed by atoms with Gasteiger partial charge in [0.15, 0.2) is 5.16 Å². The number of urea groups is 1. The fourth-order valence-electron chi connectivity index (χ4n) is 3.34. The molecule has 3 amide bonds. The highest BCUT2D eigenvalue weighted by atomic mass is 35.5. The summed E-state index contributed by atoms with van der Waals surface area (Å²) in [6, 6.07) is 11.0. The maximum absolute atomic E-state index is 13.0. The first kappa shape index (κ1) is 23.1. The summed E-state index contributed by atoms with van der Waals surface area (Å²) in [6.07, 6.45) is 1.59. The van der Waals surface area contributed by atoms with Crippen molar-refractivity contribution in [3.63, 3.8) is 0 Å². The Labute approximate surface area is 199 Å². The lowest BCUT2D eigenvalue weighted by atomic mass is 10.2. The third kappa shape index (κ3) is 5.63. The normalized spacial score (nSPS) is 13.8. The van der Waals surface area contributed by atoms with Crippen molar-refractivity contribution >= 4 is 41.0 Å². The van der Waals surface area contributed by atoms with E-state index >= 15 is 0 Å². The third-order valence-corrected chi connectivity index (χ3v) is 6.62. The molecule has 0 radical (unpaired) electrons. The number of anilines is 1. The molecule has 1 aliphatic rings. The predicted molar refractivity (Wildman–Crippen MR) is 125 cm³/mol. The Hall–Kier alpha value is -3.11. The van der Waals surface area contributed by atoms with Crippen LogP contribution in [0.2, 0.25) is 5.02 Å². The molecule has 33 heavy (non-hydrogen) atoms. The number of halogens is 2. The molecular weight excluding hydrogens is 467 g/mol. The molecule has 1 saturated heterocycles. The van der Waals surface area contributed by atoms with Crippen LogP contribution in [-0.2, 0) is 4.79 Å². The maximum atomic E-state index is 13.0. The molecular formula is C22H22ClFN6O2S. The molecule has 0 unspecified atom stereocenters. The van der Waals surface area contributed by atoms with Crippen LogP contribution in [0.15, 0.2) is 53.9 Å². The Bertz CT molecular complexity index is 1150. The van der Waals surface area contributed by atoms with Crippen molar-refractivity contribution in [2.75, 3.05) is 37.2 Å². The van der Waals surface area contributed by atoms with Gasteiger partial charge in [-0.05, 0) is 48.9 Å². The van der Waals surface area contributed by atoms with Crippen LogP contribution in [0, 0.1) is 12.7 Å². The van der Waals surface area contributed by atoms with E-state index in [1.165, 1.54) is 36.0 Å². The van der Waals surface area contributed by atoms with Gasteiger partial charge in [0.2, 0.25) is 5.91 Å². The molecule has 1 N–H and O–H groups in total. The summed E-state index contributed by atoms with van der Waals surface area (Å²) in [5, 5.41) is 12.1. The number of aromatic nitrogens is 3. The minimum atomic E-state index is -0.362. The second-order valence-electron chi connectivity index (χ2n) is 7.51. The van der Waals surface area contributed by atoms with E-state index in [9.17, 15) is 14.0 Å². The summed E-state index contributed by atoms with van der Waals surface area (Å²) in [5.74, 6) is -0.186. The molecule has 172 valence electrons. The number of thioether (sulfide) groups is 1. The molecule has 2 aromatic carbocycles. The molecule has 4 rings (SSSR count). The average molecular weight is 489 g/mol. The highest BCUT2D eigenvalue weighted by Crippen LogP contribution is 2.24. The van der Waals surface area contributed by atoms with Gasteiger partial charge in [0.05, 0.1) is 11.4 Å². The monoisotopic (exact) mass is 488 g/mol. The van der Waals surface area contributed by atoms with Crippen molar-refractivity contribution in [3.8, 4) is 5.69 Å². The predicted octanol–water partition coefficient (Wildman–Crippen LogP) is 3.84. The SMILES string of the molecule is Cc1ccc(-n2cnnc2SCC(=O)N2CCN(C(=O)Nc3ccc(F)cc3)CC2)cc1Cl. The summed E-state index contributed by atoms with van der Waals surface area (Å²) in [6.45, 7) is 3.65. The fourth-order valence-corrected chi connectivity index (χ4v) is 4.35. The minimum Gasteiger partial charge on any atom is -0.338 e. The quantitative estimate of drug-likeness (QED) is 0.552. The first-order valence-electron chi connectivity index (χ1n) is 10.3. The van der Waals surface area contributed by atoms with Gasteiger partial charge in [0.25, 0.3) is 0 Å². The van der Waals surface area contributed by atoms with Gasteiger partial charge in [-0.25, -0.2) is 9.18 Å². The highest BCUT2D eigenvalue weighted by Gasteiger charge is 2.24. The number of piperazine rings is 1. The number of hydrogen-bond donors (Lipinski definition) is 1. The van der Waals surface area contributed by atoms with Gasteiger partial charge in [0, 0.05) is 36.9 Å². The number of carbonyl (C=O) groups is 2. The Morgan fingerprint density at radius 2 is 1.79 bits per heavy atom. The van der Waals surface area contributed by atoms with Gasteiger partial charge < -0.3 is 15.1 Å². The first-order valence-corrected chi connectivity index (χ1v) is 11.7. The smallest absolute Gasteiger partial charge is 0.321 e. The minimum absolute atomic E-state index is 0.0323. The van der Waals surface area contributed by atoms with E-state index in [4.69, 9.17) is 11.6 Å². The number of hydrogen-bond acceptors (Lipinski definition) is 5. The summed E-state index contributed by atoms with van der Waals surface area (Å²) in [7, 11) is 0. The summed E-state index contributed by atoms with van der Waals surface area (Å²) < 4.78 is 14.8. The Morgan fingerprint density at radius 3 is 2.48 bits per heavy atom. The van der Waals surface area contributed by atoms with Crippen molar-refractivity contribution in [3.05, 3.63) is 65.2 Å². The molecule has 1 aliphatic heterocycles. The number of aryl methyl sites for hydroxylation is 1. The second kappa shape index (κ2) is 10.2. The summed E-state index contributed by atoms with van der Waals surface area (Å²) >= 11 is 7.53. The molecule has 3 aromatic rings. The van der Waals surface area contributed by atoms with Gasteiger partial charge >= 0.3 is 6.03 Å². The van der Waals surface area contributed by atoms with E-state index < -0.39 is 0 Å². The van der Waals surface area contributed by atoms with Gasteiger partial charge in [-0.3, -0.25) is 9.36 Å². The van der Waals surface area contributed by atoms with Crippen LogP contribution in [0.4, 0.5) is 14.9 Å². The molecule has 2 heterocycles. The van der Waals surface area contributed by atoms with Gasteiger partial charge in [0.1, 0.15) is 12.1 Å². The van der Waals surface area contributed by atoms with Crippen molar-refractivity contribution in [1.29, 1.82) is 0 Å². The first-order chi connectivity index (χ1) is 15.9. The van der Waals surface area contributed by atoms with Crippen LogP contribution in [0.5, 0.6) is 0 Å². The van der Waals surface area contributed by atoms with Crippen LogP contribution >= 0.6 is 23.4 Å². The molecule has 11 heteroatoms. The van der Waals surface area contributed by atoms with E-state index in [-0.39, 0.29) is 23.5 Å². The molecule has 0 atom stereocenters. The van der Waals surface area contributed by atoms with Crippen LogP contribution in [0.25, 0.3) is 5.69 Å². The lowest BCUT2D eigenvalue weighted by molar-refractivity contribution is -0.129. The lowest BCUT2D eigenvalue weighted by Gasteiger charge is -2.34. The number of carbonyl (C=O) groups excluding carboxylic acids is 2. The number of benzene rings is 2. The summed E-state index contributed by atoms with van der Waals surface area (Å²) in [5.41, 5.74) is 2.32. The van der Waals surface area contributed by atoms with Crippen molar-refractivity contribution in [2.24, 2.45) is 0 Å². The van der Waals surface area contributed by atoms with E-state index in [0.717, 1.165) is 11.3 Å². The van der Waals surface area contributed by atoms with E-state index in [2.05, 4.69) is 15.5 Å². The number of nitrogens with one attached hydrogen (secondary N) is 1.